The van der Waals surface area contributed by atoms with Crippen LogP contribution in [0.25, 0.3) is 0 Å². The Labute approximate surface area is 146 Å². The summed E-state index contributed by atoms with van der Waals surface area (Å²) in [5, 5.41) is 2.67. The lowest BCUT2D eigenvalue weighted by Crippen LogP contribution is -2.49. The summed E-state index contributed by atoms with van der Waals surface area (Å²) in [6.07, 6.45) is 1.33. The molecule has 0 fully saturated rings. The maximum absolute atomic E-state index is 12.2. The van der Waals surface area contributed by atoms with Crippen molar-refractivity contribution >= 4 is 29.3 Å². The van der Waals surface area contributed by atoms with Crippen LogP contribution in [-0.4, -0.2) is 42.2 Å². The Balaban J connectivity index is 2.56. The number of halogens is 1. The zero-order valence-corrected chi connectivity index (χ0v) is 14.2. The van der Waals surface area contributed by atoms with Crippen molar-refractivity contribution in [2.24, 2.45) is 22.2 Å². The van der Waals surface area contributed by atoms with Crippen LogP contribution in [-0.2, 0) is 16.0 Å². The molecule has 0 aliphatic rings. The van der Waals surface area contributed by atoms with Crippen molar-refractivity contribution in [3.8, 4) is 0 Å². The highest BCUT2D eigenvalue weighted by molar-refractivity contribution is 6.28. The quantitative estimate of drug-likeness (QED) is 0.201. The minimum atomic E-state index is -0.740. The molecule has 8 heteroatoms. The summed E-state index contributed by atoms with van der Waals surface area (Å²) in [4.78, 5) is 27.9. The summed E-state index contributed by atoms with van der Waals surface area (Å²) < 4.78 is 0. The molecule has 0 aliphatic carbocycles. The van der Waals surface area contributed by atoms with E-state index in [2.05, 4.69) is 10.3 Å². The molecule has 0 saturated carbocycles. The summed E-state index contributed by atoms with van der Waals surface area (Å²) in [7, 11) is 0. The predicted octanol–water partition coefficient (Wildman–Crippen LogP) is -0.0973. The van der Waals surface area contributed by atoms with Gasteiger partial charge in [0.05, 0.1) is 18.0 Å². The summed E-state index contributed by atoms with van der Waals surface area (Å²) >= 11 is 5.60. The van der Waals surface area contributed by atoms with Crippen molar-refractivity contribution in [1.29, 1.82) is 0 Å². The van der Waals surface area contributed by atoms with Crippen LogP contribution in [0, 0.1) is 0 Å². The number of nitrogens with two attached hydrogens (primary N) is 3. The number of amides is 1. The molecule has 1 rings (SSSR count). The number of alkyl halides is 1. The van der Waals surface area contributed by atoms with E-state index in [1.165, 1.54) is 0 Å². The Morgan fingerprint density at radius 2 is 1.88 bits per heavy atom. The molecule has 0 heterocycles. The summed E-state index contributed by atoms with van der Waals surface area (Å²) in [5.41, 5.74) is 17.4. The largest absolute Gasteiger partial charge is 0.370 e. The number of Topliss-reactive ketones (excluding diaryl/α,β-unsaturated/α-hetero) is 1. The van der Waals surface area contributed by atoms with Gasteiger partial charge in [-0.15, -0.1) is 11.6 Å². The van der Waals surface area contributed by atoms with E-state index in [0.717, 1.165) is 5.56 Å². The van der Waals surface area contributed by atoms with E-state index in [0.29, 0.717) is 25.8 Å². The van der Waals surface area contributed by atoms with Gasteiger partial charge in [0.2, 0.25) is 5.91 Å². The van der Waals surface area contributed by atoms with Crippen molar-refractivity contribution in [3.63, 3.8) is 0 Å². The minimum Gasteiger partial charge on any atom is -0.370 e. The van der Waals surface area contributed by atoms with Gasteiger partial charge in [-0.2, -0.15) is 0 Å². The molecule has 0 bridgehead atoms. The maximum atomic E-state index is 12.2. The highest BCUT2D eigenvalue weighted by Gasteiger charge is 2.22. The van der Waals surface area contributed by atoms with Gasteiger partial charge in [0.15, 0.2) is 11.7 Å². The Bertz CT molecular complexity index is 561. The Kier molecular flexibility index (Phi) is 8.81. The van der Waals surface area contributed by atoms with Crippen molar-refractivity contribution in [1.82, 2.24) is 5.32 Å². The number of guanidine groups is 1. The average molecular weight is 354 g/mol. The van der Waals surface area contributed by atoms with E-state index in [9.17, 15) is 9.59 Å². The van der Waals surface area contributed by atoms with Crippen LogP contribution in [0.4, 0.5) is 0 Å². The second-order valence-electron chi connectivity index (χ2n) is 5.41. The smallest absolute Gasteiger partial charge is 0.237 e. The molecule has 0 radical (unpaired) electrons. The number of ketones is 1. The minimum absolute atomic E-state index is 0.0101. The van der Waals surface area contributed by atoms with Gasteiger partial charge in [0, 0.05) is 6.54 Å². The maximum Gasteiger partial charge on any atom is 0.237 e. The topological polar surface area (TPSA) is 137 Å². The first kappa shape index (κ1) is 19.9. The molecular formula is C16H24ClN5O2. The van der Waals surface area contributed by atoms with Gasteiger partial charge in [-0.25, -0.2) is 0 Å². The van der Waals surface area contributed by atoms with Crippen molar-refractivity contribution in [2.45, 2.75) is 31.3 Å². The lowest BCUT2D eigenvalue weighted by Gasteiger charge is -2.19. The Morgan fingerprint density at radius 1 is 1.21 bits per heavy atom. The summed E-state index contributed by atoms with van der Waals surface area (Å²) in [5.74, 6) is -0.837. The second-order valence-corrected chi connectivity index (χ2v) is 5.67. The van der Waals surface area contributed by atoms with Crippen LogP contribution in [0.5, 0.6) is 0 Å². The third-order valence-electron chi connectivity index (χ3n) is 3.42. The SMILES string of the molecule is NC(N)=NCCC[C@H](NC(=O)[C@@H](N)Cc1ccccc1)C(=O)CCl. The molecule has 1 amide bonds. The Morgan fingerprint density at radius 3 is 2.46 bits per heavy atom. The molecule has 7 nitrogen and oxygen atoms in total. The highest BCUT2D eigenvalue weighted by Crippen LogP contribution is 2.05. The van der Waals surface area contributed by atoms with Gasteiger partial charge >= 0.3 is 0 Å². The van der Waals surface area contributed by atoms with Crippen LogP contribution < -0.4 is 22.5 Å². The number of hydrogen-bond donors (Lipinski definition) is 4. The van der Waals surface area contributed by atoms with E-state index in [1.54, 1.807) is 0 Å². The molecule has 0 saturated heterocycles. The van der Waals surface area contributed by atoms with E-state index in [-0.39, 0.29) is 23.5 Å². The van der Waals surface area contributed by atoms with E-state index >= 15 is 0 Å². The van der Waals surface area contributed by atoms with Crippen molar-refractivity contribution in [3.05, 3.63) is 35.9 Å². The molecule has 24 heavy (non-hydrogen) atoms. The van der Waals surface area contributed by atoms with E-state index in [1.807, 2.05) is 30.3 Å². The molecule has 2 atom stereocenters. The summed E-state index contributed by atoms with van der Waals surface area (Å²) in [6, 6.07) is 8.00. The fourth-order valence-corrected chi connectivity index (χ4v) is 2.34. The first-order valence-electron chi connectivity index (χ1n) is 7.68. The first-order chi connectivity index (χ1) is 11.4. The van der Waals surface area contributed by atoms with Gasteiger partial charge in [0.1, 0.15) is 0 Å². The fraction of sp³-hybridized carbons (Fsp3) is 0.438. The third-order valence-corrected chi connectivity index (χ3v) is 3.68. The summed E-state index contributed by atoms with van der Waals surface area (Å²) in [6.45, 7) is 0.375. The van der Waals surface area contributed by atoms with Crippen LogP contribution in [0.2, 0.25) is 0 Å². The first-order valence-corrected chi connectivity index (χ1v) is 8.21. The molecule has 0 aromatic heterocycles. The van der Waals surface area contributed by atoms with Gasteiger partial charge in [-0.3, -0.25) is 14.6 Å². The number of nitrogens with one attached hydrogen (secondary N) is 1. The normalized spacial score (nSPS) is 12.9. The van der Waals surface area contributed by atoms with E-state index in [4.69, 9.17) is 28.8 Å². The Hall–Kier alpha value is -2.12. The number of carbonyl (C=O) groups is 2. The van der Waals surface area contributed by atoms with Gasteiger partial charge in [-0.1, -0.05) is 30.3 Å². The number of hydrogen-bond acceptors (Lipinski definition) is 4. The van der Waals surface area contributed by atoms with Crippen LogP contribution >= 0.6 is 11.6 Å². The fourth-order valence-electron chi connectivity index (χ4n) is 2.15. The monoisotopic (exact) mass is 353 g/mol. The molecule has 7 N–H and O–H groups in total. The lowest BCUT2D eigenvalue weighted by molar-refractivity contribution is -0.127. The number of nitrogens with zero attached hydrogens (tertiary/aromatic N) is 1. The van der Waals surface area contributed by atoms with Crippen LogP contribution in [0.15, 0.2) is 35.3 Å². The molecule has 0 unspecified atom stereocenters. The molecule has 1 aromatic carbocycles. The third kappa shape index (κ3) is 7.43. The molecular weight excluding hydrogens is 330 g/mol. The number of rotatable bonds is 10. The lowest BCUT2D eigenvalue weighted by atomic mass is 10.0. The molecule has 0 aliphatic heterocycles. The van der Waals surface area contributed by atoms with Crippen LogP contribution in [0.3, 0.4) is 0 Å². The van der Waals surface area contributed by atoms with Gasteiger partial charge < -0.3 is 22.5 Å². The average Bonchev–Trinajstić information content (AvgIpc) is 2.57. The predicted molar refractivity (Wildman–Crippen MR) is 95.7 cm³/mol. The molecule has 1 aromatic rings. The van der Waals surface area contributed by atoms with Gasteiger partial charge in [0.25, 0.3) is 0 Å². The zero-order valence-electron chi connectivity index (χ0n) is 13.5. The van der Waals surface area contributed by atoms with Crippen LogP contribution in [0.1, 0.15) is 18.4 Å². The standard InChI is InChI=1S/C16H24ClN5O2/c17-10-14(23)13(7-4-8-21-16(19)20)22-15(24)12(18)9-11-5-2-1-3-6-11/h1-3,5-6,12-13H,4,7-10,18H2,(H,22,24)(H4,19,20,21)/t12-,13-/m0/s1. The van der Waals surface area contributed by atoms with Crippen molar-refractivity contribution in [2.75, 3.05) is 12.4 Å². The second kappa shape index (κ2) is 10.6. The highest BCUT2D eigenvalue weighted by atomic mass is 35.5. The number of carbonyl (C=O) groups excluding carboxylic acids is 2. The zero-order chi connectivity index (χ0) is 17.9. The molecule has 0 spiro atoms. The number of aliphatic imine (C=N–C) groups is 1. The van der Waals surface area contributed by atoms with Crippen molar-refractivity contribution < 1.29 is 9.59 Å². The molecule has 132 valence electrons. The van der Waals surface area contributed by atoms with E-state index < -0.39 is 12.1 Å². The van der Waals surface area contributed by atoms with Gasteiger partial charge in [-0.05, 0) is 24.8 Å². The number of benzene rings is 1.